The lowest BCUT2D eigenvalue weighted by molar-refractivity contribution is 0.302. The SMILES string of the molecule is Cl.Clc1ccccc1COc1ccccc1CNCc1ccncc1. The van der Waals surface area contributed by atoms with Crippen LogP contribution in [0.5, 0.6) is 5.75 Å². The molecule has 0 bridgehead atoms. The summed E-state index contributed by atoms with van der Waals surface area (Å²) in [6, 6.07) is 19.8. The second-order valence-corrected chi connectivity index (χ2v) is 5.85. The number of hydrogen-bond donors (Lipinski definition) is 1. The van der Waals surface area contributed by atoms with Gasteiger partial charge in [-0.25, -0.2) is 0 Å². The molecule has 3 rings (SSSR count). The van der Waals surface area contributed by atoms with Crippen molar-refractivity contribution in [1.29, 1.82) is 0 Å². The van der Waals surface area contributed by atoms with Crippen LogP contribution in [0.1, 0.15) is 16.7 Å². The fourth-order valence-electron chi connectivity index (χ4n) is 2.40. The van der Waals surface area contributed by atoms with Gasteiger partial charge in [0.15, 0.2) is 0 Å². The van der Waals surface area contributed by atoms with E-state index in [1.165, 1.54) is 5.56 Å². The van der Waals surface area contributed by atoms with E-state index in [1.807, 2.05) is 54.6 Å². The van der Waals surface area contributed by atoms with Gasteiger partial charge in [0, 0.05) is 41.6 Å². The summed E-state index contributed by atoms with van der Waals surface area (Å²) in [4.78, 5) is 4.03. The zero-order valence-electron chi connectivity index (χ0n) is 13.7. The Labute approximate surface area is 159 Å². The van der Waals surface area contributed by atoms with Gasteiger partial charge in [-0.1, -0.05) is 48.0 Å². The van der Waals surface area contributed by atoms with E-state index in [2.05, 4.69) is 16.4 Å². The maximum absolute atomic E-state index is 6.18. The van der Waals surface area contributed by atoms with Gasteiger partial charge in [0.2, 0.25) is 0 Å². The van der Waals surface area contributed by atoms with Gasteiger partial charge in [-0.15, -0.1) is 12.4 Å². The van der Waals surface area contributed by atoms with Gasteiger partial charge in [0.05, 0.1) is 0 Å². The Bertz CT molecular complexity index is 781. The van der Waals surface area contributed by atoms with E-state index in [-0.39, 0.29) is 12.4 Å². The number of nitrogens with one attached hydrogen (secondary N) is 1. The number of nitrogens with zero attached hydrogens (tertiary/aromatic N) is 1. The molecule has 0 saturated carbocycles. The van der Waals surface area contributed by atoms with Crippen LogP contribution in [0.15, 0.2) is 73.1 Å². The molecule has 1 heterocycles. The Balaban J connectivity index is 0.00000225. The molecule has 0 amide bonds. The van der Waals surface area contributed by atoms with Crippen molar-refractivity contribution in [3.8, 4) is 5.75 Å². The second-order valence-electron chi connectivity index (χ2n) is 5.45. The maximum atomic E-state index is 6.18. The molecule has 0 saturated heterocycles. The highest BCUT2D eigenvalue weighted by Gasteiger charge is 2.05. The van der Waals surface area contributed by atoms with Gasteiger partial charge in [-0.05, 0) is 29.8 Å². The predicted molar refractivity (Wildman–Crippen MR) is 104 cm³/mol. The summed E-state index contributed by atoms with van der Waals surface area (Å²) < 4.78 is 5.97. The minimum Gasteiger partial charge on any atom is -0.489 e. The molecule has 3 nitrogen and oxygen atoms in total. The molecular weight excluding hydrogens is 355 g/mol. The number of pyridine rings is 1. The van der Waals surface area contributed by atoms with E-state index < -0.39 is 0 Å². The lowest BCUT2D eigenvalue weighted by Gasteiger charge is -2.13. The largest absolute Gasteiger partial charge is 0.489 e. The normalized spacial score (nSPS) is 10.1. The fraction of sp³-hybridized carbons (Fsp3) is 0.150. The summed E-state index contributed by atoms with van der Waals surface area (Å²) in [5, 5.41) is 4.16. The van der Waals surface area contributed by atoms with Crippen molar-refractivity contribution in [2.24, 2.45) is 0 Å². The highest BCUT2D eigenvalue weighted by Crippen LogP contribution is 2.22. The summed E-state index contributed by atoms with van der Waals surface area (Å²) in [5.74, 6) is 0.875. The Hall–Kier alpha value is -2.07. The molecule has 1 aromatic heterocycles. The van der Waals surface area contributed by atoms with Crippen LogP contribution < -0.4 is 10.1 Å². The lowest BCUT2D eigenvalue weighted by Crippen LogP contribution is -2.13. The molecule has 0 aliphatic heterocycles. The third kappa shape index (κ3) is 5.75. The van der Waals surface area contributed by atoms with E-state index in [9.17, 15) is 0 Å². The van der Waals surface area contributed by atoms with E-state index in [4.69, 9.17) is 16.3 Å². The van der Waals surface area contributed by atoms with Crippen LogP contribution in [0.4, 0.5) is 0 Å². The molecule has 130 valence electrons. The minimum absolute atomic E-state index is 0. The molecule has 0 aliphatic carbocycles. The van der Waals surface area contributed by atoms with Gasteiger partial charge in [-0.2, -0.15) is 0 Å². The van der Waals surface area contributed by atoms with Crippen molar-refractivity contribution in [3.63, 3.8) is 0 Å². The minimum atomic E-state index is 0. The number of benzene rings is 2. The van der Waals surface area contributed by atoms with Crippen molar-refractivity contribution >= 4 is 24.0 Å². The molecule has 0 unspecified atom stereocenters. The molecular formula is C20H20Cl2N2O. The number of ether oxygens (including phenoxy) is 1. The number of halogens is 2. The number of hydrogen-bond acceptors (Lipinski definition) is 3. The van der Waals surface area contributed by atoms with Crippen molar-refractivity contribution in [3.05, 3.63) is 94.8 Å². The molecule has 0 atom stereocenters. The summed E-state index contributed by atoms with van der Waals surface area (Å²) in [6.45, 7) is 1.99. The first-order valence-electron chi connectivity index (χ1n) is 7.86. The summed E-state index contributed by atoms with van der Waals surface area (Å²) >= 11 is 6.18. The van der Waals surface area contributed by atoms with Crippen molar-refractivity contribution in [1.82, 2.24) is 10.3 Å². The van der Waals surface area contributed by atoms with Crippen molar-refractivity contribution < 1.29 is 4.74 Å². The zero-order valence-corrected chi connectivity index (χ0v) is 15.3. The summed E-state index contributed by atoms with van der Waals surface area (Å²) in [6.07, 6.45) is 3.61. The Morgan fingerprint density at radius 3 is 2.28 bits per heavy atom. The number of para-hydroxylation sites is 1. The van der Waals surface area contributed by atoms with Gasteiger partial charge in [0.25, 0.3) is 0 Å². The first-order chi connectivity index (χ1) is 11.8. The Morgan fingerprint density at radius 2 is 1.52 bits per heavy atom. The van der Waals surface area contributed by atoms with Crippen molar-refractivity contribution in [2.45, 2.75) is 19.7 Å². The Kier molecular flexibility index (Phi) is 7.74. The molecule has 25 heavy (non-hydrogen) atoms. The highest BCUT2D eigenvalue weighted by molar-refractivity contribution is 6.31. The van der Waals surface area contributed by atoms with E-state index in [1.54, 1.807) is 12.4 Å². The number of rotatable bonds is 7. The molecule has 0 spiro atoms. The molecule has 0 aliphatic rings. The first-order valence-corrected chi connectivity index (χ1v) is 8.24. The molecule has 2 aromatic carbocycles. The van der Waals surface area contributed by atoms with E-state index in [0.717, 1.165) is 35.0 Å². The third-order valence-corrected chi connectivity index (χ3v) is 4.08. The average Bonchev–Trinajstić information content (AvgIpc) is 2.63. The first kappa shape index (κ1) is 19.3. The number of aromatic nitrogens is 1. The molecule has 1 N–H and O–H groups in total. The third-order valence-electron chi connectivity index (χ3n) is 3.71. The van der Waals surface area contributed by atoms with Crippen LogP contribution >= 0.6 is 24.0 Å². The van der Waals surface area contributed by atoms with Crippen LogP contribution in [0.2, 0.25) is 5.02 Å². The van der Waals surface area contributed by atoms with Gasteiger partial charge >= 0.3 is 0 Å². The van der Waals surface area contributed by atoms with Crippen LogP contribution in [0.25, 0.3) is 0 Å². The maximum Gasteiger partial charge on any atom is 0.124 e. The van der Waals surface area contributed by atoms with Gasteiger partial charge in [0.1, 0.15) is 12.4 Å². The van der Waals surface area contributed by atoms with Crippen LogP contribution in [0.3, 0.4) is 0 Å². The fourth-order valence-corrected chi connectivity index (χ4v) is 2.59. The van der Waals surface area contributed by atoms with Crippen molar-refractivity contribution in [2.75, 3.05) is 0 Å². The molecule has 5 heteroatoms. The topological polar surface area (TPSA) is 34.1 Å². The zero-order chi connectivity index (χ0) is 16.6. The average molecular weight is 375 g/mol. The van der Waals surface area contributed by atoms with E-state index in [0.29, 0.717) is 6.61 Å². The van der Waals surface area contributed by atoms with Crippen LogP contribution in [-0.2, 0) is 19.7 Å². The molecule has 0 radical (unpaired) electrons. The summed E-state index contributed by atoms with van der Waals surface area (Å²) in [5.41, 5.74) is 3.32. The summed E-state index contributed by atoms with van der Waals surface area (Å²) in [7, 11) is 0. The van der Waals surface area contributed by atoms with Gasteiger partial charge in [-0.3, -0.25) is 4.98 Å². The molecule has 0 fully saturated rings. The lowest BCUT2D eigenvalue weighted by atomic mass is 10.2. The van der Waals surface area contributed by atoms with Crippen LogP contribution in [0, 0.1) is 0 Å². The van der Waals surface area contributed by atoms with Gasteiger partial charge < -0.3 is 10.1 Å². The van der Waals surface area contributed by atoms with E-state index >= 15 is 0 Å². The van der Waals surface area contributed by atoms with Crippen LogP contribution in [-0.4, -0.2) is 4.98 Å². The monoisotopic (exact) mass is 374 g/mol. The highest BCUT2D eigenvalue weighted by atomic mass is 35.5. The smallest absolute Gasteiger partial charge is 0.124 e. The Morgan fingerprint density at radius 1 is 0.840 bits per heavy atom. The second kappa shape index (κ2) is 10.0. The molecule has 3 aromatic rings. The quantitative estimate of drug-likeness (QED) is 0.629. The standard InChI is InChI=1S/C20H19ClN2O.ClH/c21-19-7-3-1-6-18(19)15-24-20-8-4-2-5-17(20)14-23-13-16-9-11-22-12-10-16;/h1-12,23H,13-15H2;1H. The predicted octanol–water partition coefficient (Wildman–Crippen LogP) is 5.03.